The van der Waals surface area contributed by atoms with Gasteiger partial charge in [0.2, 0.25) is 0 Å². The van der Waals surface area contributed by atoms with Crippen LogP contribution in [0.5, 0.6) is 5.75 Å². The van der Waals surface area contributed by atoms with Gasteiger partial charge in [0, 0.05) is 20.6 Å². The lowest BCUT2D eigenvalue weighted by molar-refractivity contribution is 0.0168. The number of carbonyl (C=O) groups excluding carboxylic acids is 1. The van der Waals surface area contributed by atoms with Crippen LogP contribution in [-0.2, 0) is 11.8 Å². The summed E-state index contributed by atoms with van der Waals surface area (Å²) in [7, 11) is 4.83. The van der Waals surface area contributed by atoms with Gasteiger partial charge >= 0.3 is 0 Å². The fourth-order valence-electron chi connectivity index (χ4n) is 1.43. The highest BCUT2D eigenvalue weighted by molar-refractivity contribution is 5.97. The second-order valence-electron chi connectivity index (χ2n) is 4.25. The molecule has 0 unspecified atom stereocenters. The molecule has 90 valence electrons. The van der Waals surface area contributed by atoms with Gasteiger partial charge in [-0.25, -0.2) is 0 Å². The standard InChI is InChI=1S/C11H18N2O3/c1-11(2,16-5)6-8(14)10-9(15-4)7-12-13(10)3/h7H,6H2,1-5H3. The van der Waals surface area contributed by atoms with Crippen LogP contribution in [0.1, 0.15) is 30.8 Å². The molecule has 0 aromatic carbocycles. The van der Waals surface area contributed by atoms with Crippen LogP contribution in [0.3, 0.4) is 0 Å². The maximum Gasteiger partial charge on any atom is 0.187 e. The number of nitrogens with zero attached hydrogens (tertiary/aromatic N) is 2. The molecule has 0 bridgehead atoms. The van der Waals surface area contributed by atoms with E-state index >= 15 is 0 Å². The van der Waals surface area contributed by atoms with Crippen molar-refractivity contribution < 1.29 is 14.3 Å². The summed E-state index contributed by atoms with van der Waals surface area (Å²) in [5, 5.41) is 3.99. The Hall–Kier alpha value is -1.36. The van der Waals surface area contributed by atoms with Gasteiger partial charge in [-0.05, 0) is 13.8 Å². The summed E-state index contributed by atoms with van der Waals surface area (Å²) in [5.41, 5.74) is -0.000514. The summed E-state index contributed by atoms with van der Waals surface area (Å²) in [6.45, 7) is 3.74. The second kappa shape index (κ2) is 4.65. The first-order valence-electron chi connectivity index (χ1n) is 5.05. The fourth-order valence-corrected chi connectivity index (χ4v) is 1.43. The number of Topliss-reactive ketones (excluding diaryl/α,β-unsaturated/α-hetero) is 1. The van der Waals surface area contributed by atoms with Crippen molar-refractivity contribution in [1.29, 1.82) is 0 Å². The molecule has 5 nitrogen and oxygen atoms in total. The molecule has 0 aliphatic carbocycles. The summed E-state index contributed by atoms with van der Waals surface area (Å²) in [6, 6.07) is 0. The SMILES string of the molecule is COc1cnn(C)c1C(=O)CC(C)(C)OC. The van der Waals surface area contributed by atoms with E-state index in [1.165, 1.54) is 18.0 Å². The quantitative estimate of drug-likeness (QED) is 0.713. The zero-order chi connectivity index (χ0) is 12.3. The van der Waals surface area contributed by atoms with Gasteiger partial charge < -0.3 is 9.47 Å². The van der Waals surface area contributed by atoms with Crippen molar-refractivity contribution in [2.45, 2.75) is 25.9 Å². The summed E-state index contributed by atoms with van der Waals surface area (Å²) in [4.78, 5) is 12.1. The number of carbonyl (C=O) groups is 1. The lowest BCUT2D eigenvalue weighted by Gasteiger charge is -2.21. The molecule has 0 spiro atoms. The van der Waals surface area contributed by atoms with Crippen molar-refractivity contribution in [3.05, 3.63) is 11.9 Å². The molecular weight excluding hydrogens is 208 g/mol. The molecule has 1 aromatic rings. The first-order valence-corrected chi connectivity index (χ1v) is 5.05. The van der Waals surface area contributed by atoms with E-state index in [0.29, 0.717) is 17.9 Å². The Morgan fingerprint density at radius 1 is 1.50 bits per heavy atom. The van der Waals surface area contributed by atoms with Crippen LogP contribution in [0.4, 0.5) is 0 Å². The van der Waals surface area contributed by atoms with Gasteiger partial charge in [0.05, 0.1) is 18.9 Å². The molecule has 0 aliphatic heterocycles. The first kappa shape index (κ1) is 12.7. The van der Waals surface area contributed by atoms with Crippen LogP contribution in [0.15, 0.2) is 6.20 Å². The van der Waals surface area contributed by atoms with Crippen molar-refractivity contribution in [2.75, 3.05) is 14.2 Å². The van der Waals surface area contributed by atoms with E-state index in [1.807, 2.05) is 13.8 Å². The molecule has 5 heteroatoms. The fraction of sp³-hybridized carbons (Fsp3) is 0.636. The average Bonchev–Trinajstić information content (AvgIpc) is 2.59. The number of ether oxygens (including phenoxy) is 2. The number of methoxy groups -OCH3 is 2. The third-order valence-corrected chi connectivity index (χ3v) is 2.53. The normalized spacial score (nSPS) is 11.6. The van der Waals surface area contributed by atoms with Crippen molar-refractivity contribution in [3.8, 4) is 5.75 Å². The number of aryl methyl sites for hydroxylation is 1. The van der Waals surface area contributed by atoms with Crippen LogP contribution >= 0.6 is 0 Å². The van der Waals surface area contributed by atoms with Crippen LogP contribution in [-0.4, -0.2) is 35.4 Å². The maximum atomic E-state index is 12.1. The lowest BCUT2D eigenvalue weighted by Crippen LogP contribution is -2.27. The lowest BCUT2D eigenvalue weighted by atomic mass is 10.00. The van der Waals surface area contributed by atoms with E-state index < -0.39 is 5.60 Å². The Morgan fingerprint density at radius 3 is 2.62 bits per heavy atom. The predicted molar refractivity (Wildman–Crippen MR) is 59.8 cm³/mol. The second-order valence-corrected chi connectivity index (χ2v) is 4.25. The highest BCUT2D eigenvalue weighted by Gasteiger charge is 2.26. The van der Waals surface area contributed by atoms with Crippen molar-refractivity contribution >= 4 is 5.78 Å². The Bertz CT molecular complexity index is 383. The smallest absolute Gasteiger partial charge is 0.187 e. The van der Waals surface area contributed by atoms with Crippen molar-refractivity contribution in [1.82, 2.24) is 9.78 Å². The summed E-state index contributed by atoms with van der Waals surface area (Å²) in [5.74, 6) is 0.461. The molecular formula is C11H18N2O3. The summed E-state index contributed by atoms with van der Waals surface area (Å²) in [6.07, 6.45) is 1.83. The minimum Gasteiger partial charge on any atom is -0.493 e. The van der Waals surface area contributed by atoms with Crippen LogP contribution < -0.4 is 4.74 Å². The number of aromatic nitrogens is 2. The van der Waals surface area contributed by atoms with E-state index in [-0.39, 0.29) is 5.78 Å². The third kappa shape index (κ3) is 2.61. The van der Waals surface area contributed by atoms with Gasteiger partial charge in [-0.15, -0.1) is 0 Å². The monoisotopic (exact) mass is 226 g/mol. The van der Waals surface area contributed by atoms with E-state index in [2.05, 4.69) is 5.10 Å². The largest absolute Gasteiger partial charge is 0.493 e. The van der Waals surface area contributed by atoms with Gasteiger partial charge in [0.15, 0.2) is 11.5 Å². The van der Waals surface area contributed by atoms with Gasteiger partial charge in [-0.3, -0.25) is 9.48 Å². The number of hydrogen-bond acceptors (Lipinski definition) is 4. The summed E-state index contributed by atoms with van der Waals surface area (Å²) >= 11 is 0. The zero-order valence-corrected chi connectivity index (χ0v) is 10.4. The zero-order valence-electron chi connectivity index (χ0n) is 10.4. The molecule has 1 rings (SSSR count). The van der Waals surface area contributed by atoms with Crippen molar-refractivity contribution in [2.24, 2.45) is 7.05 Å². The molecule has 0 atom stereocenters. The van der Waals surface area contributed by atoms with E-state index in [9.17, 15) is 4.79 Å². The molecule has 16 heavy (non-hydrogen) atoms. The molecule has 0 N–H and O–H groups in total. The minimum atomic E-state index is -0.480. The predicted octanol–water partition coefficient (Wildman–Crippen LogP) is 1.43. The highest BCUT2D eigenvalue weighted by Crippen LogP contribution is 2.22. The molecule has 0 fully saturated rings. The van der Waals surface area contributed by atoms with E-state index in [4.69, 9.17) is 9.47 Å². The highest BCUT2D eigenvalue weighted by atomic mass is 16.5. The maximum absolute atomic E-state index is 12.1. The molecule has 0 saturated carbocycles. The molecule has 1 heterocycles. The van der Waals surface area contributed by atoms with E-state index in [1.54, 1.807) is 14.2 Å². The Labute approximate surface area is 95.3 Å². The molecule has 0 saturated heterocycles. The number of ketones is 1. The van der Waals surface area contributed by atoms with E-state index in [0.717, 1.165) is 0 Å². The summed E-state index contributed by atoms with van der Waals surface area (Å²) < 4.78 is 11.8. The minimum absolute atomic E-state index is 0.0382. The first-order chi connectivity index (χ1) is 7.41. The Morgan fingerprint density at radius 2 is 2.12 bits per heavy atom. The molecule has 0 amide bonds. The molecule has 0 radical (unpaired) electrons. The van der Waals surface area contributed by atoms with Gasteiger partial charge in [0.25, 0.3) is 0 Å². The van der Waals surface area contributed by atoms with Crippen LogP contribution in [0.25, 0.3) is 0 Å². The van der Waals surface area contributed by atoms with Crippen LogP contribution in [0.2, 0.25) is 0 Å². The molecule has 0 aliphatic rings. The van der Waals surface area contributed by atoms with Gasteiger partial charge in [0.1, 0.15) is 5.69 Å². The van der Waals surface area contributed by atoms with Crippen LogP contribution in [0, 0.1) is 0 Å². The third-order valence-electron chi connectivity index (χ3n) is 2.53. The van der Waals surface area contributed by atoms with Gasteiger partial charge in [-0.1, -0.05) is 0 Å². The molecule has 1 aromatic heterocycles. The topological polar surface area (TPSA) is 53.4 Å². The average molecular weight is 226 g/mol. The number of rotatable bonds is 5. The van der Waals surface area contributed by atoms with Gasteiger partial charge in [-0.2, -0.15) is 5.10 Å². The van der Waals surface area contributed by atoms with Crippen molar-refractivity contribution in [3.63, 3.8) is 0 Å². The number of hydrogen-bond donors (Lipinski definition) is 0. The Kier molecular flexibility index (Phi) is 3.70. The Balaban J connectivity index is 2.92.